The van der Waals surface area contributed by atoms with Crippen LogP contribution in [-0.4, -0.2) is 47.6 Å². The number of imide groups is 1. The molecule has 33 heavy (non-hydrogen) atoms. The number of nitrogens with zero attached hydrogens (tertiary/aromatic N) is 1. The third kappa shape index (κ3) is 6.36. The number of nitrogens with two attached hydrogens (primary N) is 1. The van der Waals surface area contributed by atoms with Crippen molar-refractivity contribution in [1.82, 2.24) is 4.90 Å². The van der Waals surface area contributed by atoms with Gasteiger partial charge in [0.15, 0.2) is 18.1 Å². The molecule has 2 aromatic carbocycles. The second-order valence-electron chi connectivity index (χ2n) is 7.08. The van der Waals surface area contributed by atoms with Gasteiger partial charge in [0.25, 0.3) is 17.1 Å². The summed E-state index contributed by atoms with van der Waals surface area (Å²) in [4.78, 5) is 49.5. The highest BCUT2D eigenvalue weighted by Gasteiger charge is 2.36. The fourth-order valence-electron chi connectivity index (χ4n) is 3.01. The molecule has 1 heterocycles. The highest BCUT2D eigenvalue weighted by Crippen LogP contribution is 2.34. The molecule has 172 valence electrons. The topological polar surface area (TPSA) is 128 Å². The van der Waals surface area contributed by atoms with Gasteiger partial charge in [-0.3, -0.25) is 24.1 Å². The Balaban J connectivity index is 1.72. The summed E-state index contributed by atoms with van der Waals surface area (Å²) < 4.78 is 10.9. The van der Waals surface area contributed by atoms with E-state index in [1.165, 1.54) is 6.08 Å². The second-order valence-corrected chi connectivity index (χ2v) is 8.07. The van der Waals surface area contributed by atoms with Gasteiger partial charge in [-0.2, -0.15) is 0 Å². The van der Waals surface area contributed by atoms with Crippen LogP contribution in [0.4, 0.5) is 10.5 Å². The largest absolute Gasteiger partial charge is 0.490 e. The van der Waals surface area contributed by atoms with E-state index in [0.717, 1.165) is 22.2 Å². The number of rotatable bonds is 9. The van der Waals surface area contributed by atoms with Crippen LogP contribution in [0, 0.1) is 6.92 Å². The summed E-state index contributed by atoms with van der Waals surface area (Å²) in [5.41, 5.74) is 7.25. The molecule has 1 saturated heterocycles. The minimum absolute atomic E-state index is 0.177. The van der Waals surface area contributed by atoms with Crippen molar-refractivity contribution in [3.63, 3.8) is 0 Å². The Morgan fingerprint density at radius 2 is 1.91 bits per heavy atom. The lowest BCUT2D eigenvalue weighted by Gasteiger charge is -2.13. The molecule has 1 fully saturated rings. The van der Waals surface area contributed by atoms with E-state index >= 15 is 0 Å². The van der Waals surface area contributed by atoms with E-state index < -0.39 is 23.0 Å². The maximum absolute atomic E-state index is 12.7. The van der Waals surface area contributed by atoms with Crippen molar-refractivity contribution >= 4 is 46.5 Å². The Morgan fingerprint density at radius 3 is 2.61 bits per heavy atom. The van der Waals surface area contributed by atoms with E-state index in [2.05, 4.69) is 5.32 Å². The Morgan fingerprint density at radius 1 is 1.12 bits per heavy atom. The molecule has 4 amide bonds. The number of nitrogens with one attached hydrogen (secondary N) is 1. The molecule has 10 heteroatoms. The molecular formula is C23H23N3O6S. The smallest absolute Gasteiger partial charge is 0.294 e. The molecule has 3 rings (SSSR count). The molecule has 0 aromatic heterocycles. The van der Waals surface area contributed by atoms with Crippen molar-refractivity contribution in [3.05, 3.63) is 58.5 Å². The summed E-state index contributed by atoms with van der Waals surface area (Å²) in [5.74, 6) is -0.963. The highest BCUT2D eigenvalue weighted by atomic mass is 32.2. The summed E-state index contributed by atoms with van der Waals surface area (Å²) >= 11 is 0.750. The average Bonchev–Trinajstić information content (AvgIpc) is 3.00. The number of thioether (sulfide) groups is 1. The normalized spacial score (nSPS) is 14.5. The predicted molar refractivity (Wildman–Crippen MR) is 125 cm³/mol. The third-order valence-electron chi connectivity index (χ3n) is 4.41. The number of carbonyl (C=O) groups is 4. The number of amides is 4. The van der Waals surface area contributed by atoms with Gasteiger partial charge in [0, 0.05) is 5.69 Å². The number of hydrogen-bond acceptors (Lipinski definition) is 7. The maximum Gasteiger partial charge on any atom is 0.294 e. The summed E-state index contributed by atoms with van der Waals surface area (Å²) in [6.07, 6.45) is 1.53. The zero-order chi connectivity index (χ0) is 24.0. The highest BCUT2D eigenvalue weighted by molar-refractivity contribution is 8.18. The number of hydrogen-bond donors (Lipinski definition) is 2. The number of ether oxygens (including phenoxy) is 2. The molecular weight excluding hydrogens is 446 g/mol. The van der Waals surface area contributed by atoms with Crippen LogP contribution >= 0.6 is 11.8 Å². The molecule has 1 aliphatic heterocycles. The zero-order valence-electron chi connectivity index (χ0n) is 18.1. The van der Waals surface area contributed by atoms with E-state index in [1.807, 2.05) is 13.0 Å². The van der Waals surface area contributed by atoms with Gasteiger partial charge in [0.2, 0.25) is 5.91 Å². The maximum atomic E-state index is 12.7. The molecule has 9 nitrogen and oxygen atoms in total. The van der Waals surface area contributed by atoms with Crippen molar-refractivity contribution in [2.24, 2.45) is 5.73 Å². The van der Waals surface area contributed by atoms with E-state index in [4.69, 9.17) is 15.2 Å². The molecule has 0 atom stereocenters. The van der Waals surface area contributed by atoms with Crippen molar-refractivity contribution < 1.29 is 28.7 Å². The van der Waals surface area contributed by atoms with Gasteiger partial charge >= 0.3 is 0 Å². The zero-order valence-corrected chi connectivity index (χ0v) is 18.9. The number of aryl methyl sites for hydroxylation is 1. The SMILES string of the molecule is CCOc1cc(/C=C2\SC(=O)N(CC(=O)Nc3cccc(C)c3)C2=O)ccc1OCC(N)=O. The lowest BCUT2D eigenvalue weighted by Crippen LogP contribution is -2.36. The third-order valence-corrected chi connectivity index (χ3v) is 5.32. The van der Waals surface area contributed by atoms with Crippen LogP contribution in [0.3, 0.4) is 0 Å². The lowest BCUT2D eigenvalue weighted by atomic mass is 10.2. The Bertz CT molecular complexity index is 1130. The molecule has 0 aliphatic carbocycles. The predicted octanol–water partition coefficient (Wildman–Crippen LogP) is 2.93. The summed E-state index contributed by atoms with van der Waals surface area (Å²) in [7, 11) is 0. The molecule has 0 radical (unpaired) electrons. The van der Waals surface area contributed by atoms with Gasteiger partial charge in [0.1, 0.15) is 6.54 Å². The fraction of sp³-hybridized carbons (Fsp3) is 0.217. The quantitative estimate of drug-likeness (QED) is 0.540. The van der Waals surface area contributed by atoms with Crippen LogP contribution in [0.5, 0.6) is 11.5 Å². The van der Waals surface area contributed by atoms with E-state index in [0.29, 0.717) is 29.4 Å². The van der Waals surface area contributed by atoms with E-state index in [-0.39, 0.29) is 18.1 Å². The monoisotopic (exact) mass is 469 g/mol. The van der Waals surface area contributed by atoms with Gasteiger partial charge in [-0.05, 0) is 67.1 Å². The minimum atomic E-state index is -0.623. The summed E-state index contributed by atoms with van der Waals surface area (Å²) in [6.45, 7) is 3.34. The first-order valence-electron chi connectivity index (χ1n) is 10.1. The van der Waals surface area contributed by atoms with Gasteiger partial charge in [0.05, 0.1) is 11.5 Å². The van der Waals surface area contributed by atoms with Crippen LogP contribution in [0.1, 0.15) is 18.1 Å². The number of carbonyl (C=O) groups excluding carboxylic acids is 4. The van der Waals surface area contributed by atoms with Crippen molar-refractivity contribution in [2.75, 3.05) is 25.1 Å². The standard InChI is InChI=1S/C23H23N3O6S/c1-3-31-18-10-15(7-8-17(18)32-13-20(24)27)11-19-22(29)26(23(30)33-19)12-21(28)25-16-6-4-5-14(2)9-16/h4-11H,3,12-13H2,1-2H3,(H2,24,27)(H,25,28)/b19-11-. The molecule has 0 unspecified atom stereocenters. The second kappa shape index (κ2) is 10.7. The van der Waals surface area contributed by atoms with Crippen LogP contribution < -0.4 is 20.5 Å². The molecule has 0 saturated carbocycles. The number of anilines is 1. The number of benzene rings is 2. The van der Waals surface area contributed by atoms with Crippen molar-refractivity contribution in [1.29, 1.82) is 0 Å². The Kier molecular flexibility index (Phi) is 7.73. The van der Waals surface area contributed by atoms with Gasteiger partial charge in [-0.1, -0.05) is 18.2 Å². The Labute approximate surface area is 194 Å². The van der Waals surface area contributed by atoms with Crippen molar-refractivity contribution in [2.45, 2.75) is 13.8 Å². The molecule has 0 spiro atoms. The first kappa shape index (κ1) is 23.9. The fourth-order valence-corrected chi connectivity index (χ4v) is 3.84. The van der Waals surface area contributed by atoms with Crippen LogP contribution in [-0.2, 0) is 14.4 Å². The van der Waals surface area contributed by atoms with Crippen LogP contribution in [0.15, 0.2) is 47.4 Å². The van der Waals surface area contributed by atoms with Gasteiger partial charge in [-0.15, -0.1) is 0 Å². The number of primary amides is 1. The van der Waals surface area contributed by atoms with Crippen LogP contribution in [0.2, 0.25) is 0 Å². The summed E-state index contributed by atoms with van der Waals surface area (Å²) in [6, 6.07) is 12.1. The first-order chi connectivity index (χ1) is 15.8. The molecule has 0 bridgehead atoms. The van der Waals surface area contributed by atoms with Crippen LogP contribution in [0.25, 0.3) is 6.08 Å². The van der Waals surface area contributed by atoms with E-state index in [9.17, 15) is 19.2 Å². The average molecular weight is 470 g/mol. The lowest BCUT2D eigenvalue weighted by molar-refractivity contribution is -0.127. The van der Waals surface area contributed by atoms with Gasteiger partial charge in [-0.25, -0.2) is 0 Å². The first-order valence-corrected chi connectivity index (χ1v) is 10.9. The Hall–Kier alpha value is -3.79. The molecule has 2 aromatic rings. The van der Waals surface area contributed by atoms with E-state index in [1.54, 1.807) is 43.3 Å². The van der Waals surface area contributed by atoms with Crippen molar-refractivity contribution in [3.8, 4) is 11.5 Å². The minimum Gasteiger partial charge on any atom is -0.490 e. The molecule has 1 aliphatic rings. The molecule has 3 N–H and O–H groups in total. The van der Waals surface area contributed by atoms with Gasteiger partial charge < -0.3 is 20.5 Å². The summed E-state index contributed by atoms with van der Waals surface area (Å²) in [5, 5.41) is 2.16.